The van der Waals surface area contributed by atoms with Crippen LogP contribution in [0.1, 0.15) is 25.1 Å². The molecular formula is C12H19Cl2N3. The lowest BCUT2D eigenvalue weighted by Crippen LogP contribution is -1.98. The number of halogens is 2. The molecule has 0 amide bonds. The molecule has 0 aliphatic carbocycles. The topological polar surface area (TPSA) is 54.7 Å². The number of rotatable bonds is 5. The number of para-hydroxylation sites is 2. The van der Waals surface area contributed by atoms with E-state index in [-0.39, 0.29) is 24.8 Å². The fraction of sp³-hybridized carbons (Fsp3) is 0.417. The molecule has 0 aliphatic heterocycles. The van der Waals surface area contributed by atoms with Gasteiger partial charge in [0.05, 0.1) is 11.0 Å². The zero-order valence-corrected chi connectivity index (χ0v) is 11.3. The first-order valence-electron chi connectivity index (χ1n) is 5.54. The Morgan fingerprint density at radius 2 is 1.82 bits per heavy atom. The van der Waals surface area contributed by atoms with Crippen molar-refractivity contribution in [3.05, 3.63) is 30.1 Å². The van der Waals surface area contributed by atoms with Crippen LogP contribution >= 0.6 is 24.8 Å². The maximum absolute atomic E-state index is 5.45. The minimum absolute atomic E-state index is 0. The summed E-state index contributed by atoms with van der Waals surface area (Å²) >= 11 is 0. The number of hydrogen-bond donors (Lipinski definition) is 2. The van der Waals surface area contributed by atoms with Crippen molar-refractivity contribution in [1.82, 2.24) is 9.97 Å². The molecule has 0 atom stereocenters. The zero-order valence-electron chi connectivity index (χ0n) is 9.69. The molecule has 1 aromatic heterocycles. The lowest BCUT2D eigenvalue weighted by molar-refractivity contribution is 0.674. The molecule has 1 aromatic carbocycles. The maximum atomic E-state index is 5.45. The normalized spacial score (nSPS) is 9.71. The summed E-state index contributed by atoms with van der Waals surface area (Å²) in [7, 11) is 0. The Kier molecular flexibility index (Phi) is 7.96. The van der Waals surface area contributed by atoms with Crippen LogP contribution in [0.25, 0.3) is 11.0 Å². The number of nitrogens with two attached hydrogens (primary N) is 1. The van der Waals surface area contributed by atoms with E-state index in [1.807, 2.05) is 18.2 Å². The number of fused-ring (bicyclic) bond motifs is 1. The van der Waals surface area contributed by atoms with Crippen LogP contribution in [0.4, 0.5) is 0 Å². The van der Waals surface area contributed by atoms with E-state index in [9.17, 15) is 0 Å². The van der Waals surface area contributed by atoms with Gasteiger partial charge in [0.1, 0.15) is 5.82 Å². The van der Waals surface area contributed by atoms with E-state index in [1.54, 1.807) is 0 Å². The smallest absolute Gasteiger partial charge is 0.107 e. The van der Waals surface area contributed by atoms with Crippen LogP contribution in [0.2, 0.25) is 0 Å². The summed E-state index contributed by atoms with van der Waals surface area (Å²) in [6.45, 7) is 0.792. The highest BCUT2D eigenvalue weighted by Crippen LogP contribution is 2.11. The molecule has 2 rings (SSSR count). The van der Waals surface area contributed by atoms with E-state index in [2.05, 4.69) is 16.0 Å². The Morgan fingerprint density at radius 3 is 2.53 bits per heavy atom. The van der Waals surface area contributed by atoms with Gasteiger partial charge in [-0.1, -0.05) is 18.6 Å². The van der Waals surface area contributed by atoms with Crippen LogP contribution in [-0.4, -0.2) is 16.5 Å². The van der Waals surface area contributed by atoms with Crippen molar-refractivity contribution in [3.8, 4) is 0 Å². The number of H-pyrrole nitrogens is 1. The van der Waals surface area contributed by atoms with E-state index in [0.717, 1.165) is 42.7 Å². The summed E-state index contributed by atoms with van der Waals surface area (Å²) in [5, 5.41) is 0. The Labute approximate surface area is 114 Å². The van der Waals surface area contributed by atoms with Crippen molar-refractivity contribution in [2.45, 2.75) is 25.7 Å². The lowest BCUT2D eigenvalue weighted by Gasteiger charge is -1.95. The second-order valence-corrected chi connectivity index (χ2v) is 3.80. The average molecular weight is 276 g/mol. The minimum Gasteiger partial charge on any atom is -0.342 e. The first-order chi connectivity index (χ1) is 7.40. The molecule has 0 unspecified atom stereocenters. The van der Waals surface area contributed by atoms with E-state index < -0.39 is 0 Å². The molecule has 0 spiro atoms. The summed E-state index contributed by atoms with van der Waals surface area (Å²) in [4.78, 5) is 7.85. The van der Waals surface area contributed by atoms with Gasteiger partial charge in [-0.15, -0.1) is 24.8 Å². The van der Waals surface area contributed by atoms with E-state index in [4.69, 9.17) is 5.73 Å². The second kappa shape index (κ2) is 8.34. The third-order valence-corrected chi connectivity index (χ3v) is 2.56. The molecule has 0 saturated carbocycles. The predicted octanol–water partition coefficient (Wildman–Crippen LogP) is 3.08. The second-order valence-electron chi connectivity index (χ2n) is 3.80. The summed E-state index contributed by atoms with van der Waals surface area (Å²) in [6.07, 6.45) is 4.49. The standard InChI is InChI=1S/C12H17N3.2ClH/c13-9-5-1-2-8-12-14-10-6-3-4-7-11(10)15-12;;/h3-4,6-7H,1-2,5,8-9,13H2,(H,14,15);2*1H. The van der Waals surface area contributed by atoms with Gasteiger partial charge >= 0.3 is 0 Å². The van der Waals surface area contributed by atoms with Gasteiger partial charge < -0.3 is 10.7 Å². The summed E-state index contributed by atoms with van der Waals surface area (Å²) in [5.41, 5.74) is 7.64. The highest BCUT2D eigenvalue weighted by molar-refractivity contribution is 5.85. The molecule has 17 heavy (non-hydrogen) atoms. The van der Waals surface area contributed by atoms with E-state index >= 15 is 0 Å². The van der Waals surface area contributed by atoms with Gasteiger partial charge in [-0.3, -0.25) is 0 Å². The first-order valence-corrected chi connectivity index (χ1v) is 5.54. The van der Waals surface area contributed by atoms with E-state index in [1.165, 1.54) is 6.42 Å². The van der Waals surface area contributed by atoms with Gasteiger partial charge in [-0.05, 0) is 31.5 Å². The lowest BCUT2D eigenvalue weighted by atomic mass is 10.2. The van der Waals surface area contributed by atoms with Crippen LogP contribution < -0.4 is 5.73 Å². The van der Waals surface area contributed by atoms with Gasteiger partial charge in [-0.25, -0.2) is 4.98 Å². The van der Waals surface area contributed by atoms with Gasteiger partial charge in [0.2, 0.25) is 0 Å². The van der Waals surface area contributed by atoms with Crippen molar-refractivity contribution in [1.29, 1.82) is 0 Å². The van der Waals surface area contributed by atoms with Crippen LogP contribution in [0.3, 0.4) is 0 Å². The number of hydrogen-bond acceptors (Lipinski definition) is 2. The monoisotopic (exact) mass is 275 g/mol. The molecule has 0 aliphatic rings. The van der Waals surface area contributed by atoms with Crippen LogP contribution in [0.5, 0.6) is 0 Å². The Hall–Kier alpha value is -0.770. The van der Waals surface area contributed by atoms with Crippen molar-refractivity contribution >= 4 is 35.8 Å². The zero-order chi connectivity index (χ0) is 10.5. The maximum Gasteiger partial charge on any atom is 0.107 e. The Bertz CT molecular complexity index is 395. The molecular weight excluding hydrogens is 257 g/mol. The molecule has 0 bridgehead atoms. The number of unbranched alkanes of at least 4 members (excludes halogenated alkanes) is 2. The van der Waals surface area contributed by atoms with Crippen molar-refractivity contribution in [3.63, 3.8) is 0 Å². The molecule has 1 heterocycles. The highest BCUT2D eigenvalue weighted by atomic mass is 35.5. The van der Waals surface area contributed by atoms with Gasteiger partial charge in [-0.2, -0.15) is 0 Å². The van der Waals surface area contributed by atoms with Gasteiger partial charge in [0, 0.05) is 6.42 Å². The molecule has 3 N–H and O–H groups in total. The number of benzene rings is 1. The number of aromatic nitrogens is 2. The highest BCUT2D eigenvalue weighted by Gasteiger charge is 2.00. The Balaban J connectivity index is 0.00000128. The molecule has 0 fully saturated rings. The molecule has 0 saturated heterocycles. The van der Waals surface area contributed by atoms with Crippen LogP contribution in [0.15, 0.2) is 24.3 Å². The fourth-order valence-electron chi connectivity index (χ4n) is 1.74. The summed E-state index contributed by atoms with van der Waals surface area (Å²) in [5.74, 6) is 1.09. The van der Waals surface area contributed by atoms with Crippen molar-refractivity contribution < 1.29 is 0 Å². The number of nitrogens with zero attached hydrogens (tertiary/aromatic N) is 1. The largest absolute Gasteiger partial charge is 0.342 e. The van der Waals surface area contributed by atoms with Crippen molar-refractivity contribution in [2.75, 3.05) is 6.54 Å². The third-order valence-electron chi connectivity index (χ3n) is 2.56. The Morgan fingerprint density at radius 1 is 1.06 bits per heavy atom. The summed E-state index contributed by atoms with van der Waals surface area (Å²) < 4.78 is 0. The van der Waals surface area contributed by atoms with Gasteiger partial charge in [0.15, 0.2) is 0 Å². The number of nitrogens with one attached hydrogen (secondary N) is 1. The molecule has 2 aromatic rings. The van der Waals surface area contributed by atoms with Crippen molar-refractivity contribution in [2.24, 2.45) is 5.73 Å². The number of aromatic amines is 1. The molecule has 96 valence electrons. The van der Waals surface area contributed by atoms with E-state index in [0.29, 0.717) is 0 Å². The SMILES string of the molecule is Cl.Cl.NCCCCCc1nc2ccccc2[nH]1. The molecule has 5 heteroatoms. The summed E-state index contributed by atoms with van der Waals surface area (Å²) in [6, 6.07) is 8.14. The average Bonchev–Trinajstić information content (AvgIpc) is 2.67. The molecule has 3 nitrogen and oxygen atoms in total. The minimum atomic E-state index is 0. The molecule has 0 radical (unpaired) electrons. The third kappa shape index (κ3) is 4.54. The fourth-order valence-corrected chi connectivity index (χ4v) is 1.74. The quantitative estimate of drug-likeness (QED) is 0.824. The van der Waals surface area contributed by atoms with Crippen LogP contribution in [0, 0.1) is 0 Å². The number of aryl methyl sites for hydroxylation is 1. The van der Waals surface area contributed by atoms with Crippen LogP contribution in [-0.2, 0) is 6.42 Å². The van der Waals surface area contributed by atoms with Gasteiger partial charge in [0.25, 0.3) is 0 Å². The number of imidazole rings is 1. The predicted molar refractivity (Wildman–Crippen MR) is 77.2 cm³/mol. The first kappa shape index (κ1) is 16.2.